The Morgan fingerprint density at radius 3 is 1.71 bits per heavy atom. The van der Waals surface area contributed by atoms with E-state index in [4.69, 9.17) is 23.2 Å². The number of carbonyl (C=O) groups is 4. The standard InChI is InChI=1S/C13H8Cl2I3NO5/c1-4(20)24-3-5(21)19(2)11-9(17)6(12(14)22)8(16)7(10(11)18)13(15)23/h3H2,1-2H3. The van der Waals surface area contributed by atoms with Gasteiger partial charge in [0.15, 0.2) is 6.61 Å². The van der Waals surface area contributed by atoms with Gasteiger partial charge in [-0.05, 0) is 91.0 Å². The van der Waals surface area contributed by atoms with E-state index in [1.165, 1.54) is 18.9 Å². The normalized spacial score (nSPS) is 10.3. The monoisotopic (exact) mass is 709 g/mol. The minimum Gasteiger partial charge on any atom is -0.456 e. The zero-order valence-corrected chi connectivity index (χ0v) is 20.1. The average molecular weight is 710 g/mol. The Hall–Kier alpha value is 0.270. The number of ether oxygens (including phenoxy) is 1. The van der Waals surface area contributed by atoms with Gasteiger partial charge >= 0.3 is 5.97 Å². The summed E-state index contributed by atoms with van der Waals surface area (Å²) in [5.41, 5.74) is 0.468. The summed E-state index contributed by atoms with van der Waals surface area (Å²) >= 11 is 16.8. The molecule has 0 bridgehead atoms. The molecule has 0 spiro atoms. The van der Waals surface area contributed by atoms with Crippen molar-refractivity contribution >= 4 is 119 Å². The third-order valence-electron chi connectivity index (χ3n) is 2.80. The predicted octanol–water partition coefficient (Wildman–Crippen LogP) is 3.78. The van der Waals surface area contributed by atoms with E-state index in [1.807, 2.05) is 67.8 Å². The van der Waals surface area contributed by atoms with Gasteiger partial charge in [0.05, 0.1) is 24.0 Å². The molecular formula is C13H8Cl2I3NO5. The van der Waals surface area contributed by atoms with E-state index in [1.54, 1.807) is 0 Å². The van der Waals surface area contributed by atoms with Crippen molar-refractivity contribution in [1.82, 2.24) is 0 Å². The van der Waals surface area contributed by atoms with Crippen molar-refractivity contribution in [2.75, 3.05) is 18.6 Å². The average Bonchev–Trinajstić information content (AvgIpc) is 2.43. The summed E-state index contributed by atoms with van der Waals surface area (Å²) in [5, 5.41) is -1.55. The maximum atomic E-state index is 12.2. The molecule has 0 atom stereocenters. The first-order valence-electron chi connectivity index (χ1n) is 6.00. The second kappa shape index (κ2) is 9.28. The summed E-state index contributed by atoms with van der Waals surface area (Å²) in [6.07, 6.45) is 0. The van der Waals surface area contributed by atoms with E-state index in [0.29, 0.717) is 16.4 Å². The molecule has 0 heterocycles. The first-order valence-corrected chi connectivity index (χ1v) is 9.99. The first kappa shape index (κ1) is 22.3. The third kappa shape index (κ3) is 4.92. The van der Waals surface area contributed by atoms with E-state index in [-0.39, 0.29) is 11.1 Å². The highest BCUT2D eigenvalue weighted by atomic mass is 127. The molecule has 0 N–H and O–H groups in total. The molecule has 0 aliphatic heterocycles. The second-order valence-corrected chi connectivity index (χ2v) is 8.24. The fourth-order valence-electron chi connectivity index (χ4n) is 1.68. The van der Waals surface area contributed by atoms with Gasteiger partial charge in [-0.2, -0.15) is 0 Å². The number of amides is 1. The van der Waals surface area contributed by atoms with E-state index in [9.17, 15) is 19.2 Å². The lowest BCUT2D eigenvalue weighted by Gasteiger charge is -2.23. The van der Waals surface area contributed by atoms with Gasteiger partial charge in [0.25, 0.3) is 16.4 Å². The minimum atomic E-state index is -0.776. The summed E-state index contributed by atoms with van der Waals surface area (Å²) in [6, 6.07) is 0. The first-order chi connectivity index (χ1) is 11.0. The number of carbonyl (C=O) groups excluding carboxylic acids is 4. The summed E-state index contributed by atoms with van der Waals surface area (Å²) in [6.45, 7) is 0.707. The van der Waals surface area contributed by atoms with E-state index < -0.39 is 29.0 Å². The Labute approximate surface area is 188 Å². The number of benzene rings is 1. The van der Waals surface area contributed by atoms with Gasteiger partial charge in [-0.25, -0.2) is 0 Å². The molecule has 6 nitrogen and oxygen atoms in total. The molecule has 0 unspecified atom stereocenters. The number of halogens is 5. The van der Waals surface area contributed by atoms with Crippen LogP contribution in [-0.4, -0.2) is 36.0 Å². The topological polar surface area (TPSA) is 80.8 Å². The zero-order chi connectivity index (χ0) is 18.8. The molecule has 0 radical (unpaired) electrons. The maximum absolute atomic E-state index is 12.2. The van der Waals surface area contributed by atoms with Crippen molar-refractivity contribution in [1.29, 1.82) is 0 Å². The van der Waals surface area contributed by atoms with Crippen molar-refractivity contribution in [3.63, 3.8) is 0 Å². The molecule has 130 valence electrons. The molecule has 0 aliphatic carbocycles. The number of rotatable bonds is 5. The molecule has 0 saturated heterocycles. The fourth-order valence-corrected chi connectivity index (χ4v) is 7.56. The summed E-state index contributed by atoms with van der Waals surface area (Å²) in [5.74, 6) is -1.14. The van der Waals surface area contributed by atoms with Gasteiger partial charge in [0.2, 0.25) is 0 Å². The van der Waals surface area contributed by atoms with Crippen LogP contribution in [0.2, 0.25) is 0 Å². The highest BCUT2D eigenvalue weighted by Gasteiger charge is 2.29. The van der Waals surface area contributed by atoms with Crippen LogP contribution in [0.15, 0.2) is 0 Å². The molecular weight excluding hydrogens is 702 g/mol. The number of esters is 1. The molecule has 1 aromatic rings. The number of hydrogen-bond acceptors (Lipinski definition) is 5. The van der Waals surface area contributed by atoms with Crippen LogP contribution in [0.4, 0.5) is 5.69 Å². The Morgan fingerprint density at radius 1 is 0.958 bits per heavy atom. The quantitative estimate of drug-likeness (QED) is 0.264. The van der Waals surface area contributed by atoms with Crippen LogP contribution in [0.5, 0.6) is 0 Å². The molecule has 11 heteroatoms. The van der Waals surface area contributed by atoms with Gasteiger partial charge in [-0.3, -0.25) is 19.2 Å². The number of hydrogen-bond donors (Lipinski definition) is 0. The largest absolute Gasteiger partial charge is 0.456 e. The molecule has 1 aromatic carbocycles. The van der Waals surface area contributed by atoms with E-state index in [2.05, 4.69) is 4.74 Å². The third-order valence-corrected chi connectivity index (χ3v) is 6.35. The highest BCUT2D eigenvalue weighted by molar-refractivity contribution is 14.1. The van der Waals surface area contributed by atoms with Crippen molar-refractivity contribution in [2.45, 2.75) is 6.92 Å². The van der Waals surface area contributed by atoms with Crippen molar-refractivity contribution in [3.05, 3.63) is 21.8 Å². The number of likely N-dealkylation sites (N-methyl/N-ethyl adjacent to an activating group) is 1. The lowest BCUT2D eigenvalue weighted by Crippen LogP contribution is -2.33. The van der Waals surface area contributed by atoms with Crippen LogP contribution >= 0.6 is 91.0 Å². The Balaban J connectivity index is 3.57. The zero-order valence-electron chi connectivity index (χ0n) is 12.1. The molecule has 24 heavy (non-hydrogen) atoms. The predicted molar refractivity (Wildman–Crippen MR) is 115 cm³/mol. The van der Waals surface area contributed by atoms with Crippen LogP contribution in [-0.2, 0) is 14.3 Å². The summed E-state index contributed by atoms with van der Waals surface area (Å²) in [7, 11) is 1.43. The van der Waals surface area contributed by atoms with Crippen molar-refractivity contribution in [2.24, 2.45) is 0 Å². The minimum absolute atomic E-state index is 0.0874. The van der Waals surface area contributed by atoms with Crippen molar-refractivity contribution in [3.8, 4) is 0 Å². The lowest BCUT2D eigenvalue weighted by atomic mass is 10.1. The lowest BCUT2D eigenvalue weighted by molar-refractivity contribution is -0.145. The van der Waals surface area contributed by atoms with Crippen LogP contribution in [0.25, 0.3) is 0 Å². The van der Waals surface area contributed by atoms with Gasteiger partial charge in [-0.1, -0.05) is 0 Å². The molecule has 0 aromatic heterocycles. The summed E-state index contributed by atoms with van der Waals surface area (Å²) < 4.78 is 5.77. The molecule has 0 saturated carbocycles. The van der Waals surface area contributed by atoms with Crippen LogP contribution < -0.4 is 4.90 Å². The van der Waals surface area contributed by atoms with E-state index >= 15 is 0 Å². The molecule has 0 aliphatic rings. The Morgan fingerprint density at radius 2 is 1.38 bits per heavy atom. The molecule has 1 rings (SSSR count). The van der Waals surface area contributed by atoms with Crippen LogP contribution in [0, 0.1) is 10.7 Å². The number of nitrogens with zero attached hydrogens (tertiary/aromatic N) is 1. The van der Waals surface area contributed by atoms with Gasteiger partial charge < -0.3 is 9.64 Å². The second-order valence-electron chi connectivity index (χ2n) is 4.32. The van der Waals surface area contributed by atoms with Crippen LogP contribution in [0.3, 0.4) is 0 Å². The maximum Gasteiger partial charge on any atom is 0.303 e. The Bertz CT molecular complexity index is 713. The molecule has 0 fully saturated rings. The fraction of sp³-hybridized carbons (Fsp3) is 0.231. The van der Waals surface area contributed by atoms with Crippen LogP contribution in [0.1, 0.15) is 27.6 Å². The molecule has 1 amide bonds. The highest BCUT2D eigenvalue weighted by Crippen LogP contribution is 2.38. The van der Waals surface area contributed by atoms with Gasteiger partial charge in [0.1, 0.15) is 0 Å². The number of anilines is 1. The summed E-state index contributed by atoms with van der Waals surface area (Å²) in [4.78, 5) is 47.8. The van der Waals surface area contributed by atoms with Gasteiger partial charge in [-0.15, -0.1) is 0 Å². The smallest absolute Gasteiger partial charge is 0.303 e. The Kier molecular flexibility index (Phi) is 8.62. The SMILES string of the molecule is CC(=O)OCC(=O)N(C)c1c(I)c(C(=O)Cl)c(I)c(C(=O)Cl)c1I. The van der Waals surface area contributed by atoms with Gasteiger partial charge in [0, 0.05) is 17.5 Å². The van der Waals surface area contributed by atoms with E-state index in [0.717, 1.165) is 0 Å². The van der Waals surface area contributed by atoms with Crippen molar-refractivity contribution < 1.29 is 23.9 Å².